The number of aromatic nitrogens is 1. The number of hydrogen-bond acceptors (Lipinski definition) is 4. The summed E-state index contributed by atoms with van der Waals surface area (Å²) >= 11 is 0. The van der Waals surface area contributed by atoms with Crippen LogP contribution in [-0.4, -0.2) is 48.2 Å². The minimum atomic E-state index is 0.0882. The molecule has 3 heterocycles. The lowest BCUT2D eigenvalue weighted by molar-refractivity contribution is 0.0736. The Hall–Kier alpha value is -2.89. The van der Waals surface area contributed by atoms with E-state index in [0.29, 0.717) is 19.7 Å². The summed E-state index contributed by atoms with van der Waals surface area (Å²) in [7, 11) is 0. The summed E-state index contributed by atoms with van der Waals surface area (Å²) in [6, 6.07) is 12.0. The maximum Gasteiger partial charge on any atom is 0.270 e. The third kappa shape index (κ3) is 3.84. The van der Waals surface area contributed by atoms with Gasteiger partial charge in [0.25, 0.3) is 5.91 Å². The van der Waals surface area contributed by atoms with Crippen molar-refractivity contribution < 1.29 is 13.9 Å². The van der Waals surface area contributed by atoms with Gasteiger partial charge in [-0.15, -0.1) is 0 Å². The van der Waals surface area contributed by atoms with E-state index in [1.807, 2.05) is 42.2 Å². The topological polar surface area (TPSA) is 50.9 Å². The highest BCUT2D eigenvalue weighted by Gasteiger charge is 2.27. The van der Waals surface area contributed by atoms with Crippen LogP contribution in [0.3, 0.4) is 0 Å². The van der Waals surface area contributed by atoms with Crippen LogP contribution in [0.25, 0.3) is 11.1 Å². The first kappa shape index (κ1) is 19.4. The molecule has 6 nitrogen and oxygen atoms in total. The Balaban J connectivity index is 1.49. The van der Waals surface area contributed by atoms with Crippen molar-refractivity contribution in [3.63, 3.8) is 0 Å². The van der Waals surface area contributed by atoms with Crippen molar-refractivity contribution in [2.75, 3.05) is 37.7 Å². The summed E-state index contributed by atoms with van der Waals surface area (Å²) < 4.78 is 13.4. The first-order valence-electron chi connectivity index (χ1n) is 10.6. The fourth-order valence-corrected chi connectivity index (χ4v) is 4.02. The van der Waals surface area contributed by atoms with Crippen LogP contribution in [0.15, 0.2) is 47.1 Å². The largest absolute Gasteiger partial charge is 0.492 e. The van der Waals surface area contributed by atoms with E-state index >= 15 is 0 Å². The van der Waals surface area contributed by atoms with Gasteiger partial charge in [-0.2, -0.15) is 0 Å². The van der Waals surface area contributed by atoms with Gasteiger partial charge in [-0.05, 0) is 25.5 Å². The van der Waals surface area contributed by atoms with Gasteiger partial charge in [0, 0.05) is 44.9 Å². The fraction of sp³-hybridized carbons (Fsp3) is 0.435. The average molecular weight is 396 g/mol. The third-order valence-corrected chi connectivity index (χ3v) is 5.55. The van der Waals surface area contributed by atoms with Crippen LogP contribution in [0.2, 0.25) is 0 Å². The molecule has 0 radical (unpaired) electrons. The molecule has 1 amide bonds. The number of amides is 1. The van der Waals surface area contributed by atoms with Crippen molar-refractivity contribution in [3.05, 3.63) is 48.4 Å². The molecule has 3 aromatic rings. The van der Waals surface area contributed by atoms with Crippen LogP contribution >= 0.6 is 0 Å². The number of furan rings is 1. The van der Waals surface area contributed by atoms with Crippen LogP contribution in [-0.2, 0) is 6.54 Å². The second-order valence-corrected chi connectivity index (χ2v) is 7.38. The Labute approximate surface area is 171 Å². The maximum absolute atomic E-state index is 13.3. The summed E-state index contributed by atoms with van der Waals surface area (Å²) in [6.45, 7) is 8.62. The molecule has 2 aromatic heterocycles. The molecule has 6 heteroatoms. The number of hydrogen-bond donors (Lipinski definition) is 0. The summed E-state index contributed by atoms with van der Waals surface area (Å²) in [5.74, 6) is 0.994. The number of nitrogens with zero attached hydrogens (tertiary/aromatic N) is 3. The summed E-state index contributed by atoms with van der Waals surface area (Å²) in [5, 5.41) is 0. The van der Waals surface area contributed by atoms with Gasteiger partial charge in [0.2, 0.25) is 0 Å². The Morgan fingerprint density at radius 1 is 1.10 bits per heavy atom. The van der Waals surface area contributed by atoms with Crippen LogP contribution in [0.5, 0.6) is 5.75 Å². The van der Waals surface area contributed by atoms with E-state index in [9.17, 15) is 4.79 Å². The monoisotopic (exact) mass is 395 g/mol. The van der Waals surface area contributed by atoms with E-state index in [1.165, 1.54) is 0 Å². The Kier molecular flexibility index (Phi) is 5.79. The zero-order chi connectivity index (χ0) is 20.2. The molecule has 0 N–H and O–H groups in total. The predicted molar refractivity (Wildman–Crippen MR) is 115 cm³/mol. The van der Waals surface area contributed by atoms with E-state index in [2.05, 4.69) is 22.5 Å². The van der Waals surface area contributed by atoms with Gasteiger partial charge in [0.05, 0.1) is 24.1 Å². The molecule has 0 atom stereocenters. The van der Waals surface area contributed by atoms with Crippen LogP contribution in [0, 0.1) is 0 Å². The van der Waals surface area contributed by atoms with Gasteiger partial charge >= 0.3 is 0 Å². The molecule has 0 bridgehead atoms. The number of carbonyl (C=O) groups excluding carboxylic acids is 1. The zero-order valence-corrected chi connectivity index (χ0v) is 17.3. The lowest BCUT2D eigenvalue weighted by Crippen LogP contribution is -2.49. The van der Waals surface area contributed by atoms with E-state index < -0.39 is 0 Å². The van der Waals surface area contributed by atoms with Crippen LogP contribution in [0.4, 0.5) is 5.69 Å². The second kappa shape index (κ2) is 8.64. The first-order chi connectivity index (χ1) is 14.2. The standard InChI is InChI=1S/C23H29N3O3/c1-3-5-11-26-19-10-16-29-22(19)17-20(26)23(27)25-14-12-24(13-15-25)18-8-6-7-9-21(18)28-4-2/h6-10,16-17H,3-5,11-15H2,1-2H3. The van der Waals surface area contributed by atoms with Crippen molar-refractivity contribution in [1.82, 2.24) is 9.47 Å². The molecular weight excluding hydrogens is 366 g/mol. The number of unbranched alkanes of at least 4 members (excludes halogenated alkanes) is 1. The minimum absolute atomic E-state index is 0.0882. The number of benzene rings is 1. The summed E-state index contributed by atoms with van der Waals surface area (Å²) in [6.07, 6.45) is 3.82. The Morgan fingerprint density at radius 3 is 2.66 bits per heavy atom. The van der Waals surface area contributed by atoms with Gasteiger partial charge in [0.15, 0.2) is 5.58 Å². The van der Waals surface area contributed by atoms with E-state index in [1.54, 1.807) is 6.26 Å². The molecule has 0 spiro atoms. The maximum atomic E-state index is 13.3. The van der Waals surface area contributed by atoms with Crippen LogP contribution in [0.1, 0.15) is 37.2 Å². The van der Waals surface area contributed by atoms with E-state index in [-0.39, 0.29) is 5.91 Å². The SMILES string of the molecule is CCCCn1c(C(=O)N2CCN(c3ccccc3OCC)CC2)cc2occc21. The molecule has 1 saturated heterocycles. The molecule has 0 saturated carbocycles. The van der Waals surface area contributed by atoms with Crippen molar-refractivity contribution >= 4 is 22.7 Å². The molecule has 154 valence electrons. The smallest absolute Gasteiger partial charge is 0.270 e. The summed E-state index contributed by atoms with van der Waals surface area (Å²) in [5.41, 5.74) is 3.63. The number of rotatable bonds is 7. The highest BCUT2D eigenvalue weighted by atomic mass is 16.5. The number of aryl methyl sites for hydroxylation is 1. The molecule has 1 aliphatic rings. The lowest BCUT2D eigenvalue weighted by Gasteiger charge is -2.36. The van der Waals surface area contributed by atoms with Gasteiger partial charge in [-0.25, -0.2) is 0 Å². The molecule has 1 aromatic carbocycles. The number of anilines is 1. The molecular formula is C23H29N3O3. The molecule has 0 aliphatic carbocycles. The molecule has 1 aliphatic heterocycles. The fourth-order valence-electron chi connectivity index (χ4n) is 4.02. The highest BCUT2D eigenvalue weighted by molar-refractivity contribution is 5.97. The Bertz CT molecular complexity index is 967. The predicted octanol–water partition coefficient (Wildman–Crippen LogP) is 4.40. The average Bonchev–Trinajstić information content (AvgIpc) is 3.34. The van der Waals surface area contributed by atoms with E-state index in [0.717, 1.165) is 60.7 Å². The van der Waals surface area contributed by atoms with Gasteiger partial charge in [-0.1, -0.05) is 25.5 Å². The second-order valence-electron chi connectivity index (χ2n) is 7.38. The number of para-hydroxylation sites is 2. The molecule has 1 fully saturated rings. The van der Waals surface area contributed by atoms with Crippen LogP contribution < -0.4 is 9.64 Å². The first-order valence-corrected chi connectivity index (χ1v) is 10.6. The lowest BCUT2D eigenvalue weighted by atomic mass is 10.2. The number of carbonyl (C=O) groups is 1. The van der Waals surface area contributed by atoms with Crippen molar-refractivity contribution in [2.45, 2.75) is 33.2 Å². The quantitative estimate of drug-likeness (QED) is 0.595. The molecule has 29 heavy (non-hydrogen) atoms. The zero-order valence-electron chi connectivity index (χ0n) is 17.3. The minimum Gasteiger partial charge on any atom is -0.492 e. The van der Waals surface area contributed by atoms with Crippen molar-refractivity contribution in [2.24, 2.45) is 0 Å². The highest BCUT2D eigenvalue weighted by Crippen LogP contribution is 2.29. The molecule has 4 rings (SSSR count). The van der Waals surface area contributed by atoms with Crippen molar-refractivity contribution in [1.29, 1.82) is 0 Å². The third-order valence-electron chi connectivity index (χ3n) is 5.55. The normalized spacial score (nSPS) is 14.6. The van der Waals surface area contributed by atoms with Gasteiger partial charge in [0.1, 0.15) is 11.4 Å². The molecule has 0 unspecified atom stereocenters. The van der Waals surface area contributed by atoms with Gasteiger partial charge < -0.3 is 23.5 Å². The van der Waals surface area contributed by atoms with Gasteiger partial charge in [-0.3, -0.25) is 4.79 Å². The number of ether oxygens (including phenoxy) is 1. The number of piperazine rings is 1. The number of fused-ring (bicyclic) bond motifs is 1. The Morgan fingerprint density at radius 2 is 1.90 bits per heavy atom. The van der Waals surface area contributed by atoms with E-state index in [4.69, 9.17) is 9.15 Å². The summed E-state index contributed by atoms with van der Waals surface area (Å²) in [4.78, 5) is 17.5. The van der Waals surface area contributed by atoms with Crippen molar-refractivity contribution in [3.8, 4) is 5.75 Å².